The van der Waals surface area contributed by atoms with Crippen molar-refractivity contribution in [2.75, 3.05) is 20.2 Å². The van der Waals surface area contributed by atoms with Crippen molar-refractivity contribution in [2.45, 2.75) is 32.5 Å². The third-order valence-electron chi connectivity index (χ3n) is 7.04. The van der Waals surface area contributed by atoms with Crippen molar-refractivity contribution in [1.82, 2.24) is 4.90 Å². The summed E-state index contributed by atoms with van der Waals surface area (Å²) in [7, 11) is 1.51. The summed E-state index contributed by atoms with van der Waals surface area (Å²) in [5.74, 6) is -0.438. The molecule has 0 saturated heterocycles. The van der Waals surface area contributed by atoms with Crippen LogP contribution >= 0.6 is 0 Å². The zero-order chi connectivity index (χ0) is 28.2. The predicted octanol–water partition coefficient (Wildman–Crippen LogP) is 4.54. The first-order valence-electron chi connectivity index (χ1n) is 12.5. The average Bonchev–Trinajstić information content (AvgIpc) is 2.95. The van der Waals surface area contributed by atoms with Gasteiger partial charge in [-0.3, -0.25) is 0 Å². The smallest absolute Gasteiger partial charge is 0.410 e. The minimum Gasteiger partial charge on any atom is -0.493 e. The molecule has 39 heavy (non-hydrogen) atoms. The van der Waals surface area contributed by atoms with Crippen LogP contribution in [-0.4, -0.2) is 37.3 Å². The second-order valence-corrected chi connectivity index (χ2v) is 9.70. The van der Waals surface area contributed by atoms with Crippen LogP contribution in [0, 0.1) is 45.3 Å². The van der Waals surface area contributed by atoms with Crippen LogP contribution in [0.5, 0.6) is 11.5 Å². The number of fused-ring (bicyclic) bond motifs is 1. The highest BCUT2D eigenvalue weighted by Crippen LogP contribution is 2.55. The van der Waals surface area contributed by atoms with Gasteiger partial charge < -0.3 is 24.8 Å². The third-order valence-corrected chi connectivity index (χ3v) is 7.04. The summed E-state index contributed by atoms with van der Waals surface area (Å²) >= 11 is 0. The summed E-state index contributed by atoms with van der Waals surface area (Å²) < 4.78 is 17.0. The Morgan fingerprint density at radius 2 is 1.85 bits per heavy atom. The molecule has 0 saturated carbocycles. The van der Waals surface area contributed by atoms with Gasteiger partial charge in [-0.15, -0.1) is 0 Å². The molecule has 1 aliphatic carbocycles. The van der Waals surface area contributed by atoms with Crippen LogP contribution in [0.4, 0.5) is 4.79 Å². The van der Waals surface area contributed by atoms with Gasteiger partial charge in [0.15, 0.2) is 16.9 Å². The monoisotopic (exact) mass is 523 g/mol. The van der Waals surface area contributed by atoms with E-state index in [1.54, 1.807) is 24.3 Å². The van der Waals surface area contributed by atoms with Gasteiger partial charge in [0.05, 0.1) is 36.6 Å². The van der Waals surface area contributed by atoms with E-state index in [4.69, 9.17) is 19.9 Å². The maximum absolute atomic E-state index is 13.1. The van der Waals surface area contributed by atoms with Crippen LogP contribution in [-0.2, 0) is 11.3 Å². The number of nitrogens with two attached hydrogens (primary N) is 1. The molecule has 0 radical (unpaired) electrons. The Morgan fingerprint density at radius 1 is 1.13 bits per heavy atom. The van der Waals surface area contributed by atoms with Crippen molar-refractivity contribution in [1.29, 1.82) is 15.8 Å². The van der Waals surface area contributed by atoms with E-state index in [0.717, 1.165) is 5.56 Å². The number of carbonyl (C=O) groups excluding carboxylic acids is 1. The van der Waals surface area contributed by atoms with Gasteiger partial charge in [0.25, 0.3) is 0 Å². The highest BCUT2D eigenvalue weighted by Gasteiger charge is 2.55. The lowest BCUT2D eigenvalue weighted by atomic mass is 9.58. The largest absolute Gasteiger partial charge is 0.493 e. The Balaban J connectivity index is 1.77. The van der Waals surface area contributed by atoms with Crippen molar-refractivity contribution >= 4 is 6.09 Å². The number of nitriles is 3. The molecule has 1 heterocycles. The molecule has 1 aliphatic heterocycles. The van der Waals surface area contributed by atoms with Crippen LogP contribution < -0.4 is 15.2 Å². The fraction of sp³-hybridized carbons (Fsp3) is 0.333. The summed E-state index contributed by atoms with van der Waals surface area (Å²) in [5, 5.41) is 30.7. The van der Waals surface area contributed by atoms with Gasteiger partial charge in [0.1, 0.15) is 12.7 Å². The van der Waals surface area contributed by atoms with Gasteiger partial charge in [-0.05, 0) is 42.7 Å². The average molecular weight is 524 g/mol. The van der Waals surface area contributed by atoms with E-state index in [-0.39, 0.29) is 37.1 Å². The second-order valence-electron chi connectivity index (χ2n) is 9.70. The summed E-state index contributed by atoms with van der Waals surface area (Å²) in [5.41, 5.74) is 6.62. The van der Waals surface area contributed by atoms with Gasteiger partial charge in [-0.1, -0.05) is 42.5 Å². The van der Waals surface area contributed by atoms with Gasteiger partial charge in [-0.2, -0.15) is 15.8 Å². The molecule has 0 aromatic heterocycles. The minimum atomic E-state index is -1.85. The van der Waals surface area contributed by atoms with Gasteiger partial charge in [0, 0.05) is 24.9 Å². The molecule has 0 fully saturated rings. The topological polar surface area (TPSA) is 145 Å². The number of allylic oxidation sites excluding steroid dienone is 2. The summed E-state index contributed by atoms with van der Waals surface area (Å²) in [6, 6.07) is 20.9. The Kier molecular flexibility index (Phi) is 7.79. The number of carbonyl (C=O) groups is 1. The number of benzene rings is 2. The van der Waals surface area contributed by atoms with Crippen LogP contribution in [0.15, 0.2) is 71.5 Å². The van der Waals surface area contributed by atoms with E-state index >= 15 is 0 Å². The molecule has 2 N–H and O–H groups in total. The fourth-order valence-corrected chi connectivity index (χ4v) is 5.24. The molecule has 9 heteroatoms. The molecule has 0 unspecified atom stereocenters. The molecule has 4 rings (SSSR count). The SMILES string of the molecule is COc1cc([C@H]2[C@@H]3CN(C(=O)OCc4ccccc4)CC=C3C(C#N)=C(N)C2(C#N)C#N)ccc1OC(C)C. The summed E-state index contributed by atoms with van der Waals surface area (Å²) in [4.78, 5) is 14.6. The van der Waals surface area contributed by atoms with E-state index in [1.165, 1.54) is 12.0 Å². The lowest BCUT2D eigenvalue weighted by Crippen LogP contribution is -2.49. The van der Waals surface area contributed by atoms with E-state index < -0.39 is 23.3 Å². The molecule has 2 aromatic rings. The van der Waals surface area contributed by atoms with Crippen molar-refractivity contribution in [2.24, 2.45) is 17.1 Å². The number of hydrogen-bond donors (Lipinski definition) is 1. The van der Waals surface area contributed by atoms with Crippen LogP contribution in [0.1, 0.15) is 30.9 Å². The molecule has 2 aromatic carbocycles. The number of nitrogens with zero attached hydrogens (tertiary/aromatic N) is 4. The Morgan fingerprint density at radius 3 is 2.46 bits per heavy atom. The van der Waals surface area contributed by atoms with Crippen LogP contribution in [0.3, 0.4) is 0 Å². The van der Waals surface area contributed by atoms with Crippen molar-refractivity contribution in [3.8, 4) is 29.7 Å². The Bertz CT molecular complexity index is 1430. The van der Waals surface area contributed by atoms with Gasteiger partial charge >= 0.3 is 6.09 Å². The highest BCUT2D eigenvalue weighted by atomic mass is 16.6. The van der Waals surface area contributed by atoms with Crippen molar-refractivity contribution < 1.29 is 19.0 Å². The maximum atomic E-state index is 13.1. The second kappa shape index (κ2) is 11.2. The number of ether oxygens (including phenoxy) is 3. The fourth-order valence-electron chi connectivity index (χ4n) is 5.24. The van der Waals surface area contributed by atoms with Gasteiger partial charge in [-0.25, -0.2) is 4.79 Å². The van der Waals surface area contributed by atoms with Crippen molar-refractivity contribution in [3.63, 3.8) is 0 Å². The highest BCUT2D eigenvalue weighted by molar-refractivity contribution is 5.69. The lowest BCUT2D eigenvalue weighted by molar-refractivity contribution is 0.0898. The van der Waals surface area contributed by atoms with Crippen LogP contribution in [0.25, 0.3) is 0 Å². The molecular weight excluding hydrogens is 494 g/mol. The molecule has 2 atom stereocenters. The molecule has 0 spiro atoms. The zero-order valence-electron chi connectivity index (χ0n) is 22.0. The van der Waals surface area contributed by atoms with E-state index in [9.17, 15) is 20.6 Å². The molecule has 9 nitrogen and oxygen atoms in total. The number of hydrogen-bond acceptors (Lipinski definition) is 8. The number of amides is 1. The maximum Gasteiger partial charge on any atom is 0.410 e. The summed E-state index contributed by atoms with van der Waals surface area (Å²) in [6.45, 7) is 4.21. The lowest BCUT2D eigenvalue weighted by Gasteiger charge is -2.45. The third kappa shape index (κ3) is 4.98. The van der Waals surface area contributed by atoms with E-state index in [2.05, 4.69) is 18.2 Å². The molecule has 2 aliphatic rings. The van der Waals surface area contributed by atoms with E-state index in [1.807, 2.05) is 44.2 Å². The first-order valence-corrected chi connectivity index (χ1v) is 12.5. The first-order chi connectivity index (χ1) is 18.8. The molecule has 1 amide bonds. The van der Waals surface area contributed by atoms with Crippen molar-refractivity contribution in [3.05, 3.63) is 82.6 Å². The Labute approximate surface area is 227 Å². The molecule has 198 valence electrons. The predicted molar refractivity (Wildman–Crippen MR) is 142 cm³/mol. The number of rotatable bonds is 6. The van der Waals surface area contributed by atoms with E-state index in [0.29, 0.717) is 22.6 Å². The summed E-state index contributed by atoms with van der Waals surface area (Å²) in [6.07, 6.45) is 1.12. The Hall–Kier alpha value is -4.94. The molecule has 0 bridgehead atoms. The van der Waals surface area contributed by atoms with Gasteiger partial charge in [0.2, 0.25) is 0 Å². The standard InChI is InChI=1S/C30H29N5O4/c1-19(2)39-25-10-9-21(13-26(25)37-3)27-24-15-35(29(36)38-16-20-7-5-4-6-8-20)12-11-22(24)23(14-31)28(34)30(27,17-32)18-33/h4-11,13,19,24,27H,12,15-16,34H2,1-3H3/t24-,27+/m1/s1. The number of methoxy groups -OCH3 is 1. The molecular formula is C30H29N5O4. The zero-order valence-corrected chi connectivity index (χ0v) is 22.0. The first kappa shape index (κ1) is 27.1. The quantitative estimate of drug-likeness (QED) is 0.581. The van der Waals surface area contributed by atoms with Crippen LogP contribution in [0.2, 0.25) is 0 Å². The minimum absolute atomic E-state index is 0.0934. The normalized spacial score (nSPS) is 19.6.